The van der Waals surface area contributed by atoms with Gasteiger partial charge in [0.1, 0.15) is 0 Å². The van der Waals surface area contributed by atoms with Gasteiger partial charge in [0.05, 0.1) is 6.61 Å². The SMILES string of the molecule is CCC(C)N(C)c1cc(Cl)ccc1CO. The molecule has 0 fully saturated rings. The summed E-state index contributed by atoms with van der Waals surface area (Å²) in [4.78, 5) is 2.15. The Morgan fingerprint density at radius 1 is 1.47 bits per heavy atom. The minimum absolute atomic E-state index is 0.0489. The Morgan fingerprint density at radius 2 is 2.13 bits per heavy atom. The molecule has 0 saturated heterocycles. The van der Waals surface area contributed by atoms with Gasteiger partial charge in [-0.25, -0.2) is 0 Å². The largest absolute Gasteiger partial charge is 0.392 e. The molecule has 1 aromatic rings. The van der Waals surface area contributed by atoms with Gasteiger partial charge in [0.15, 0.2) is 0 Å². The zero-order valence-corrected chi connectivity index (χ0v) is 10.3. The van der Waals surface area contributed by atoms with Gasteiger partial charge in [-0.05, 0) is 25.5 Å². The maximum absolute atomic E-state index is 9.24. The van der Waals surface area contributed by atoms with E-state index in [1.807, 2.05) is 19.2 Å². The van der Waals surface area contributed by atoms with E-state index in [4.69, 9.17) is 11.6 Å². The molecular weight excluding hydrogens is 210 g/mol. The number of benzene rings is 1. The third-order valence-electron chi connectivity index (χ3n) is 2.85. The van der Waals surface area contributed by atoms with Crippen LogP contribution in [0.3, 0.4) is 0 Å². The van der Waals surface area contributed by atoms with Gasteiger partial charge >= 0.3 is 0 Å². The summed E-state index contributed by atoms with van der Waals surface area (Å²) >= 11 is 5.96. The maximum Gasteiger partial charge on any atom is 0.0702 e. The first-order valence-electron chi connectivity index (χ1n) is 5.22. The molecule has 0 aliphatic rings. The van der Waals surface area contributed by atoms with Crippen molar-refractivity contribution in [3.8, 4) is 0 Å². The minimum atomic E-state index is 0.0489. The van der Waals surface area contributed by atoms with E-state index in [9.17, 15) is 5.11 Å². The molecule has 1 atom stereocenters. The second-order valence-corrected chi connectivity index (χ2v) is 4.24. The highest BCUT2D eigenvalue weighted by atomic mass is 35.5. The lowest BCUT2D eigenvalue weighted by atomic mass is 10.1. The third kappa shape index (κ3) is 2.86. The van der Waals surface area contributed by atoms with Gasteiger partial charge in [-0.3, -0.25) is 0 Å². The Bertz CT molecular complexity index is 327. The molecule has 0 aliphatic heterocycles. The van der Waals surface area contributed by atoms with Crippen LogP contribution in [0.2, 0.25) is 5.02 Å². The van der Waals surface area contributed by atoms with Gasteiger partial charge in [-0.1, -0.05) is 24.6 Å². The van der Waals surface area contributed by atoms with Crippen molar-refractivity contribution in [1.29, 1.82) is 0 Å². The van der Waals surface area contributed by atoms with Crippen molar-refractivity contribution in [2.75, 3.05) is 11.9 Å². The van der Waals surface area contributed by atoms with Gasteiger partial charge in [-0.2, -0.15) is 0 Å². The van der Waals surface area contributed by atoms with E-state index >= 15 is 0 Å². The molecule has 0 aliphatic carbocycles. The smallest absolute Gasteiger partial charge is 0.0702 e. The zero-order chi connectivity index (χ0) is 11.4. The highest BCUT2D eigenvalue weighted by molar-refractivity contribution is 6.30. The van der Waals surface area contributed by atoms with E-state index < -0.39 is 0 Å². The molecule has 0 amide bonds. The first-order chi connectivity index (χ1) is 7.10. The first-order valence-corrected chi connectivity index (χ1v) is 5.60. The monoisotopic (exact) mass is 227 g/mol. The summed E-state index contributed by atoms with van der Waals surface area (Å²) in [6.45, 7) is 4.35. The van der Waals surface area contributed by atoms with Crippen LogP contribution < -0.4 is 4.90 Å². The molecule has 0 heterocycles. The van der Waals surface area contributed by atoms with Gasteiger partial charge in [-0.15, -0.1) is 0 Å². The number of hydrogen-bond acceptors (Lipinski definition) is 2. The summed E-state index contributed by atoms with van der Waals surface area (Å²) in [7, 11) is 2.03. The molecule has 0 aromatic heterocycles. The molecular formula is C12H18ClNO. The van der Waals surface area contributed by atoms with Crippen molar-refractivity contribution in [3.05, 3.63) is 28.8 Å². The van der Waals surface area contributed by atoms with E-state index in [0.717, 1.165) is 17.7 Å². The van der Waals surface area contributed by atoms with Crippen LogP contribution >= 0.6 is 11.6 Å². The first kappa shape index (κ1) is 12.3. The lowest BCUT2D eigenvalue weighted by Crippen LogP contribution is -2.28. The summed E-state index contributed by atoms with van der Waals surface area (Å²) in [5.74, 6) is 0. The van der Waals surface area contributed by atoms with Crippen molar-refractivity contribution in [1.82, 2.24) is 0 Å². The van der Waals surface area contributed by atoms with Crippen molar-refractivity contribution >= 4 is 17.3 Å². The Hall–Kier alpha value is -0.730. The summed E-state index contributed by atoms with van der Waals surface area (Å²) in [6, 6.07) is 6.02. The predicted octanol–water partition coefficient (Wildman–Crippen LogP) is 3.07. The predicted molar refractivity (Wildman–Crippen MR) is 65.5 cm³/mol. The van der Waals surface area contributed by atoms with Gasteiger partial charge in [0, 0.05) is 29.4 Å². The van der Waals surface area contributed by atoms with Crippen LogP contribution in [-0.2, 0) is 6.61 Å². The Morgan fingerprint density at radius 3 is 2.67 bits per heavy atom. The number of rotatable bonds is 4. The highest BCUT2D eigenvalue weighted by Crippen LogP contribution is 2.26. The van der Waals surface area contributed by atoms with Gasteiger partial charge in [0.2, 0.25) is 0 Å². The number of hydrogen-bond donors (Lipinski definition) is 1. The molecule has 1 unspecified atom stereocenters. The molecule has 0 bridgehead atoms. The normalized spacial score (nSPS) is 12.6. The average Bonchev–Trinajstić information content (AvgIpc) is 2.27. The topological polar surface area (TPSA) is 23.5 Å². The van der Waals surface area contributed by atoms with Crippen LogP contribution in [0, 0.1) is 0 Å². The molecule has 1 N–H and O–H groups in total. The number of aliphatic hydroxyl groups excluding tert-OH is 1. The van der Waals surface area contributed by atoms with Crippen LogP contribution in [0.1, 0.15) is 25.8 Å². The Balaban J connectivity index is 3.05. The van der Waals surface area contributed by atoms with Crippen molar-refractivity contribution in [2.24, 2.45) is 0 Å². The van der Waals surface area contributed by atoms with Crippen LogP contribution in [0.5, 0.6) is 0 Å². The Kier molecular flexibility index (Phi) is 4.43. The summed E-state index contributed by atoms with van der Waals surface area (Å²) in [5.41, 5.74) is 1.93. The minimum Gasteiger partial charge on any atom is -0.392 e. The highest BCUT2D eigenvalue weighted by Gasteiger charge is 2.12. The van der Waals surface area contributed by atoms with E-state index in [1.54, 1.807) is 6.07 Å². The zero-order valence-electron chi connectivity index (χ0n) is 9.50. The lowest BCUT2D eigenvalue weighted by molar-refractivity contribution is 0.282. The number of nitrogens with zero attached hydrogens (tertiary/aromatic N) is 1. The number of halogens is 1. The number of anilines is 1. The molecule has 0 radical (unpaired) electrons. The quantitative estimate of drug-likeness (QED) is 0.855. The van der Waals surface area contributed by atoms with Crippen molar-refractivity contribution in [3.63, 3.8) is 0 Å². The fourth-order valence-electron chi connectivity index (χ4n) is 1.51. The lowest BCUT2D eigenvalue weighted by Gasteiger charge is -2.28. The molecule has 2 nitrogen and oxygen atoms in total. The van der Waals surface area contributed by atoms with Crippen LogP contribution in [0.25, 0.3) is 0 Å². The van der Waals surface area contributed by atoms with Crippen molar-refractivity contribution in [2.45, 2.75) is 32.9 Å². The standard InChI is InChI=1S/C12H18ClNO/c1-4-9(2)14(3)12-7-11(13)6-5-10(12)8-15/h5-7,9,15H,4,8H2,1-3H3. The fraction of sp³-hybridized carbons (Fsp3) is 0.500. The third-order valence-corrected chi connectivity index (χ3v) is 3.08. The summed E-state index contributed by atoms with van der Waals surface area (Å²) in [5, 5.41) is 9.95. The second-order valence-electron chi connectivity index (χ2n) is 3.80. The van der Waals surface area contributed by atoms with Crippen LogP contribution in [-0.4, -0.2) is 18.2 Å². The number of aliphatic hydroxyl groups is 1. The molecule has 1 aromatic carbocycles. The van der Waals surface area contributed by atoms with E-state index in [0.29, 0.717) is 11.1 Å². The van der Waals surface area contributed by atoms with Crippen LogP contribution in [0.4, 0.5) is 5.69 Å². The summed E-state index contributed by atoms with van der Waals surface area (Å²) < 4.78 is 0. The van der Waals surface area contributed by atoms with Gasteiger partial charge in [0.25, 0.3) is 0 Å². The van der Waals surface area contributed by atoms with Crippen LogP contribution in [0.15, 0.2) is 18.2 Å². The van der Waals surface area contributed by atoms with E-state index in [2.05, 4.69) is 18.7 Å². The molecule has 3 heteroatoms. The molecule has 84 valence electrons. The molecule has 0 saturated carbocycles. The van der Waals surface area contributed by atoms with E-state index in [1.165, 1.54) is 0 Å². The van der Waals surface area contributed by atoms with E-state index in [-0.39, 0.29) is 6.61 Å². The Labute approximate surface area is 96.5 Å². The maximum atomic E-state index is 9.24. The average molecular weight is 228 g/mol. The summed E-state index contributed by atoms with van der Waals surface area (Å²) in [6.07, 6.45) is 1.06. The molecule has 0 spiro atoms. The van der Waals surface area contributed by atoms with Crippen molar-refractivity contribution < 1.29 is 5.11 Å². The molecule has 15 heavy (non-hydrogen) atoms. The fourth-order valence-corrected chi connectivity index (χ4v) is 1.68. The second kappa shape index (κ2) is 5.38. The molecule has 1 rings (SSSR count). The van der Waals surface area contributed by atoms with Gasteiger partial charge < -0.3 is 10.0 Å².